The zero-order chi connectivity index (χ0) is 29.0. The molecule has 1 aliphatic heterocycles. The van der Waals surface area contributed by atoms with E-state index in [9.17, 15) is 32.7 Å². The van der Waals surface area contributed by atoms with Crippen LogP contribution in [0.1, 0.15) is 54.0 Å². The number of nitrogens with one attached hydrogen (secondary N) is 2. The van der Waals surface area contributed by atoms with Crippen molar-refractivity contribution in [2.24, 2.45) is 5.92 Å². The minimum absolute atomic E-state index is 0.0238. The van der Waals surface area contributed by atoms with Gasteiger partial charge in [-0.15, -0.1) is 0 Å². The van der Waals surface area contributed by atoms with Crippen molar-refractivity contribution < 1.29 is 37.1 Å². The molecular formula is C28H31N3O8S. The number of benzene rings is 2. The molecule has 0 aliphatic carbocycles. The summed E-state index contributed by atoms with van der Waals surface area (Å²) < 4.78 is 33.0. The molecule has 1 aromatic heterocycles. The maximum absolute atomic E-state index is 13.2. The smallest absolute Gasteiger partial charge is 0.335 e. The van der Waals surface area contributed by atoms with Crippen LogP contribution in [-0.4, -0.2) is 66.6 Å². The number of Topliss-reactive ketones (excluding diaryl/α,β-unsaturated/α-hetero) is 1. The third kappa shape index (κ3) is 6.57. The molecule has 12 heteroatoms. The Hall–Kier alpha value is -4.03. The van der Waals surface area contributed by atoms with Gasteiger partial charge in [-0.05, 0) is 55.5 Å². The van der Waals surface area contributed by atoms with E-state index in [2.05, 4.69) is 10.6 Å². The summed E-state index contributed by atoms with van der Waals surface area (Å²) in [4.78, 5) is 50.3. The maximum Gasteiger partial charge on any atom is 0.335 e. The van der Waals surface area contributed by atoms with Gasteiger partial charge in [0.1, 0.15) is 11.6 Å². The number of sulfonamides is 1. The average molecular weight is 570 g/mol. The van der Waals surface area contributed by atoms with Gasteiger partial charge in [0.25, 0.3) is 5.91 Å². The lowest BCUT2D eigenvalue weighted by molar-refractivity contribution is -0.129. The van der Waals surface area contributed by atoms with Crippen LogP contribution < -0.4 is 10.6 Å². The van der Waals surface area contributed by atoms with Crippen molar-refractivity contribution in [2.45, 2.75) is 50.1 Å². The normalized spacial score (nSPS) is 17.4. The molecule has 2 amide bonds. The van der Waals surface area contributed by atoms with E-state index in [-0.39, 0.29) is 41.5 Å². The number of carbonyl (C=O) groups excluding carboxylic acids is 3. The van der Waals surface area contributed by atoms with Gasteiger partial charge < -0.3 is 20.2 Å². The molecule has 2 heterocycles. The van der Waals surface area contributed by atoms with Gasteiger partial charge in [0.15, 0.2) is 11.5 Å². The quantitative estimate of drug-likeness (QED) is 0.354. The number of carboxylic acid groups (broad SMARTS) is 1. The van der Waals surface area contributed by atoms with Crippen LogP contribution in [0.4, 0.5) is 0 Å². The SMILES string of the molecule is CC(C)C[C@H](NC(=O)c1cc2ccccc2o1)C(=O)NC1CCCN(S(=O)(=O)c2cccc(C(=O)O)c2)CC1=O. The van der Waals surface area contributed by atoms with E-state index in [1.807, 2.05) is 19.9 Å². The highest BCUT2D eigenvalue weighted by atomic mass is 32.2. The molecule has 1 unspecified atom stereocenters. The lowest BCUT2D eigenvalue weighted by atomic mass is 10.0. The molecule has 11 nitrogen and oxygen atoms in total. The molecule has 1 fully saturated rings. The van der Waals surface area contributed by atoms with Gasteiger partial charge in [0, 0.05) is 11.9 Å². The molecule has 1 aliphatic rings. The summed E-state index contributed by atoms with van der Waals surface area (Å²) in [6.07, 6.45) is 0.797. The number of fused-ring (bicyclic) bond motifs is 1. The minimum atomic E-state index is -4.15. The van der Waals surface area contributed by atoms with Crippen LogP contribution in [0.25, 0.3) is 11.0 Å². The fraction of sp³-hybridized carbons (Fsp3) is 0.357. The lowest BCUT2D eigenvalue weighted by Gasteiger charge is -2.23. The van der Waals surface area contributed by atoms with Crippen molar-refractivity contribution in [3.8, 4) is 0 Å². The zero-order valence-electron chi connectivity index (χ0n) is 22.1. The largest absolute Gasteiger partial charge is 0.478 e. The van der Waals surface area contributed by atoms with Crippen molar-refractivity contribution in [2.75, 3.05) is 13.1 Å². The summed E-state index contributed by atoms with van der Waals surface area (Å²) in [5.41, 5.74) is 0.351. The molecule has 0 radical (unpaired) electrons. The van der Waals surface area contributed by atoms with E-state index in [1.54, 1.807) is 24.3 Å². The molecule has 3 N–H and O–H groups in total. The van der Waals surface area contributed by atoms with Crippen molar-refractivity contribution >= 4 is 44.6 Å². The number of hydrogen-bond acceptors (Lipinski definition) is 7. The van der Waals surface area contributed by atoms with Crippen LogP contribution in [0.15, 0.2) is 63.9 Å². The second-order valence-electron chi connectivity index (χ2n) is 10.1. The number of aromatic carboxylic acids is 1. The van der Waals surface area contributed by atoms with Crippen molar-refractivity contribution in [1.29, 1.82) is 0 Å². The summed E-state index contributed by atoms with van der Waals surface area (Å²) in [5, 5.41) is 15.4. The van der Waals surface area contributed by atoms with Crippen LogP contribution in [-0.2, 0) is 19.6 Å². The molecule has 40 heavy (non-hydrogen) atoms. The summed E-state index contributed by atoms with van der Waals surface area (Å²) in [7, 11) is -4.15. The summed E-state index contributed by atoms with van der Waals surface area (Å²) in [6, 6.07) is 11.8. The molecule has 0 bridgehead atoms. The van der Waals surface area contributed by atoms with Crippen LogP contribution in [0.3, 0.4) is 0 Å². The van der Waals surface area contributed by atoms with Crippen molar-refractivity contribution in [1.82, 2.24) is 14.9 Å². The molecule has 212 valence electrons. The average Bonchev–Trinajstić information content (AvgIpc) is 3.27. The second-order valence-corrected chi connectivity index (χ2v) is 12.1. The molecule has 1 saturated heterocycles. The molecule has 0 spiro atoms. The number of hydrogen-bond donors (Lipinski definition) is 3. The van der Waals surface area contributed by atoms with Gasteiger partial charge in [-0.2, -0.15) is 4.31 Å². The van der Waals surface area contributed by atoms with E-state index in [0.717, 1.165) is 15.8 Å². The standard InChI is InChI=1S/C28H31N3O8S/c1-17(2)13-22(30-27(34)25-15-18-7-3-4-11-24(18)39-25)26(33)29-21-10-6-12-31(16-23(21)32)40(37,38)20-9-5-8-19(14-20)28(35)36/h3-5,7-9,11,14-15,17,21-22H,6,10,12-13,16H2,1-2H3,(H,29,33)(H,30,34)(H,35,36)/t21?,22-/m0/s1. The van der Waals surface area contributed by atoms with E-state index in [1.165, 1.54) is 18.2 Å². The molecule has 2 aromatic carbocycles. The number of nitrogens with zero attached hydrogens (tertiary/aromatic N) is 1. The van der Waals surface area contributed by atoms with Crippen LogP contribution >= 0.6 is 0 Å². The number of rotatable bonds is 9. The summed E-state index contributed by atoms with van der Waals surface area (Å²) in [6.45, 7) is 3.33. The first-order chi connectivity index (χ1) is 19.0. The van der Waals surface area contributed by atoms with E-state index >= 15 is 0 Å². The topological polar surface area (TPSA) is 163 Å². The van der Waals surface area contributed by atoms with Gasteiger partial charge in [-0.1, -0.05) is 38.1 Å². The summed E-state index contributed by atoms with van der Waals surface area (Å²) in [5.74, 6) is -2.79. The Morgan fingerprint density at radius 1 is 1.10 bits per heavy atom. The highest BCUT2D eigenvalue weighted by Crippen LogP contribution is 2.22. The maximum atomic E-state index is 13.2. The Kier molecular flexibility index (Phi) is 8.70. The number of ketones is 1. The third-order valence-electron chi connectivity index (χ3n) is 6.63. The molecule has 3 aromatic rings. The molecular weight excluding hydrogens is 538 g/mol. The highest BCUT2D eigenvalue weighted by Gasteiger charge is 2.34. The van der Waals surface area contributed by atoms with Crippen LogP contribution in [0.5, 0.6) is 0 Å². The Morgan fingerprint density at radius 2 is 1.85 bits per heavy atom. The first-order valence-electron chi connectivity index (χ1n) is 12.9. The predicted molar refractivity (Wildman–Crippen MR) is 145 cm³/mol. The van der Waals surface area contributed by atoms with Gasteiger partial charge in [0.2, 0.25) is 15.9 Å². The molecule has 0 saturated carbocycles. The fourth-order valence-electron chi connectivity index (χ4n) is 4.59. The first kappa shape index (κ1) is 29.0. The first-order valence-corrected chi connectivity index (χ1v) is 14.4. The van der Waals surface area contributed by atoms with Crippen molar-refractivity contribution in [3.05, 3.63) is 65.9 Å². The third-order valence-corrected chi connectivity index (χ3v) is 8.48. The predicted octanol–water partition coefficient (Wildman–Crippen LogP) is 2.81. The number of carboxylic acids is 1. The van der Waals surface area contributed by atoms with Crippen LogP contribution in [0.2, 0.25) is 0 Å². The van der Waals surface area contributed by atoms with Gasteiger partial charge in [0.05, 0.1) is 23.0 Å². The van der Waals surface area contributed by atoms with E-state index in [0.29, 0.717) is 12.0 Å². The number of para-hydroxylation sites is 1. The Morgan fingerprint density at radius 3 is 2.55 bits per heavy atom. The Balaban J connectivity index is 1.45. The monoisotopic (exact) mass is 569 g/mol. The number of furan rings is 1. The van der Waals surface area contributed by atoms with Crippen molar-refractivity contribution in [3.63, 3.8) is 0 Å². The number of amides is 2. The Bertz CT molecular complexity index is 1510. The zero-order valence-corrected chi connectivity index (χ0v) is 22.9. The fourth-order valence-corrected chi connectivity index (χ4v) is 6.08. The van der Waals surface area contributed by atoms with E-state index < -0.39 is 52.2 Å². The van der Waals surface area contributed by atoms with Gasteiger partial charge in [-0.25, -0.2) is 13.2 Å². The van der Waals surface area contributed by atoms with E-state index in [4.69, 9.17) is 4.42 Å². The van der Waals surface area contributed by atoms with Gasteiger partial charge in [-0.3, -0.25) is 14.4 Å². The highest BCUT2D eigenvalue weighted by molar-refractivity contribution is 7.89. The molecule has 4 rings (SSSR count). The second kappa shape index (κ2) is 12.0. The summed E-state index contributed by atoms with van der Waals surface area (Å²) >= 11 is 0. The van der Waals surface area contributed by atoms with Gasteiger partial charge >= 0.3 is 5.97 Å². The van der Waals surface area contributed by atoms with Crippen LogP contribution in [0, 0.1) is 5.92 Å². The minimum Gasteiger partial charge on any atom is -0.478 e. The number of carbonyl (C=O) groups is 4. The Labute approximate surface area is 231 Å². The molecule has 2 atom stereocenters. The lowest BCUT2D eigenvalue weighted by Crippen LogP contribution is -2.52.